The molecular formula is C14H21ClN2. The zero-order valence-electron chi connectivity index (χ0n) is 10.7. The lowest BCUT2D eigenvalue weighted by Crippen LogP contribution is -2.40. The lowest BCUT2D eigenvalue weighted by Gasteiger charge is -2.40. The molecule has 1 fully saturated rings. The van der Waals surface area contributed by atoms with E-state index < -0.39 is 0 Å². The van der Waals surface area contributed by atoms with Gasteiger partial charge in [-0.05, 0) is 30.4 Å². The summed E-state index contributed by atoms with van der Waals surface area (Å²) in [5.74, 6) is 0. The molecule has 1 aromatic rings. The molecule has 2 N–H and O–H groups in total. The van der Waals surface area contributed by atoms with Crippen LogP contribution in [0.3, 0.4) is 0 Å². The normalized spacial score (nSPS) is 19.4. The van der Waals surface area contributed by atoms with Crippen LogP contribution in [0.4, 0.5) is 5.69 Å². The van der Waals surface area contributed by atoms with Crippen LogP contribution >= 0.6 is 11.6 Å². The van der Waals surface area contributed by atoms with Gasteiger partial charge in [0.2, 0.25) is 0 Å². The van der Waals surface area contributed by atoms with E-state index in [4.69, 9.17) is 17.3 Å². The van der Waals surface area contributed by atoms with Crippen molar-refractivity contribution < 1.29 is 0 Å². The van der Waals surface area contributed by atoms with Gasteiger partial charge < -0.3 is 10.6 Å². The average Bonchev–Trinajstić information content (AvgIpc) is 2.27. The highest BCUT2D eigenvalue weighted by Gasteiger charge is 2.27. The fourth-order valence-electron chi connectivity index (χ4n) is 2.67. The van der Waals surface area contributed by atoms with Crippen LogP contribution < -0.4 is 10.6 Å². The number of anilines is 1. The lowest BCUT2D eigenvalue weighted by molar-refractivity contribution is 0.293. The van der Waals surface area contributed by atoms with Crippen LogP contribution in [0.25, 0.3) is 0 Å². The van der Waals surface area contributed by atoms with Crippen LogP contribution in [0.2, 0.25) is 5.02 Å². The Hall–Kier alpha value is -0.730. The van der Waals surface area contributed by atoms with E-state index in [1.54, 1.807) is 0 Å². The summed E-state index contributed by atoms with van der Waals surface area (Å²) in [5.41, 5.74) is 8.49. The van der Waals surface area contributed by atoms with Gasteiger partial charge in [-0.25, -0.2) is 0 Å². The third kappa shape index (κ3) is 2.75. The SMILES string of the molecule is CC1(C)CCCN(c2cccc(Cl)c2CN)C1. The van der Waals surface area contributed by atoms with E-state index in [9.17, 15) is 0 Å². The van der Waals surface area contributed by atoms with Crippen LogP contribution in [0, 0.1) is 5.41 Å². The molecule has 1 aliphatic rings. The molecule has 1 aromatic carbocycles. The Morgan fingerprint density at radius 3 is 2.82 bits per heavy atom. The minimum absolute atomic E-state index is 0.381. The maximum Gasteiger partial charge on any atom is 0.0471 e. The van der Waals surface area contributed by atoms with Crippen molar-refractivity contribution in [3.8, 4) is 0 Å². The zero-order valence-corrected chi connectivity index (χ0v) is 11.4. The molecule has 94 valence electrons. The number of hydrogen-bond acceptors (Lipinski definition) is 2. The first kappa shape index (κ1) is 12.7. The van der Waals surface area contributed by atoms with Crippen LogP contribution in [0.5, 0.6) is 0 Å². The fraction of sp³-hybridized carbons (Fsp3) is 0.571. The van der Waals surface area contributed by atoms with Crippen molar-refractivity contribution in [3.63, 3.8) is 0 Å². The summed E-state index contributed by atoms with van der Waals surface area (Å²) in [6.45, 7) is 7.35. The molecule has 0 spiro atoms. The quantitative estimate of drug-likeness (QED) is 0.874. The molecule has 0 bridgehead atoms. The maximum atomic E-state index is 6.21. The second kappa shape index (κ2) is 4.87. The van der Waals surface area contributed by atoms with E-state index in [-0.39, 0.29) is 0 Å². The Bertz CT molecular complexity index is 401. The number of halogens is 1. The molecule has 1 aliphatic heterocycles. The predicted molar refractivity (Wildman–Crippen MR) is 74.6 cm³/mol. The van der Waals surface area contributed by atoms with E-state index in [2.05, 4.69) is 24.8 Å². The van der Waals surface area contributed by atoms with Crippen molar-refractivity contribution in [1.29, 1.82) is 0 Å². The molecule has 1 saturated heterocycles. The van der Waals surface area contributed by atoms with E-state index >= 15 is 0 Å². The highest BCUT2D eigenvalue weighted by Crippen LogP contribution is 2.34. The number of rotatable bonds is 2. The average molecular weight is 253 g/mol. The number of nitrogens with two attached hydrogens (primary N) is 1. The second-order valence-electron chi connectivity index (χ2n) is 5.63. The van der Waals surface area contributed by atoms with Gasteiger partial charge in [0.1, 0.15) is 0 Å². The monoisotopic (exact) mass is 252 g/mol. The molecule has 0 atom stereocenters. The molecule has 0 radical (unpaired) electrons. The summed E-state index contributed by atoms with van der Waals surface area (Å²) in [6.07, 6.45) is 2.53. The first-order chi connectivity index (χ1) is 8.03. The number of benzene rings is 1. The molecule has 0 unspecified atom stereocenters. The first-order valence-electron chi connectivity index (χ1n) is 6.26. The summed E-state index contributed by atoms with van der Waals surface area (Å²) >= 11 is 6.21. The summed E-state index contributed by atoms with van der Waals surface area (Å²) in [4.78, 5) is 2.43. The summed E-state index contributed by atoms with van der Waals surface area (Å²) in [5, 5.41) is 0.786. The molecular weight excluding hydrogens is 232 g/mol. The van der Waals surface area contributed by atoms with Gasteiger partial charge in [0.15, 0.2) is 0 Å². The van der Waals surface area contributed by atoms with Crippen molar-refractivity contribution in [1.82, 2.24) is 0 Å². The largest absolute Gasteiger partial charge is 0.371 e. The van der Waals surface area contributed by atoms with Gasteiger partial charge in [-0.2, -0.15) is 0 Å². The van der Waals surface area contributed by atoms with Crippen LogP contribution in [0.1, 0.15) is 32.3 Å². The van der Waals surface area contributed by atoms with Crippen molar-refractivity contribution in [2.75, 3.05) is 18.0 Å². The van der Waals surface area contributed by atoms with E-state index in [0.717, 1.165) is 23.7 Å². The molecule has 0 saturated carbocycles. The second-order valence-corrected chi connectivity index (χ2v) is 6.04. The Labute approximate surface area is 109 Å². The third-order valence-electron chi connectivity index (χ3n) is 3.54. The Morgan fingerprint density at radius 2 is 2.18 bits per heavy atom. The van der Waals surface area contributed by atoms with Crippen molar-refractivity contribution in [3.05, 3.63) is 28.8 Å². The van der Waals surface area contributed by atoms with Crippen LogP contribution in [-0.2, 0) is 6.54 Å². The number of hydrogen-bond donors (Lipinski definition) is 1. The summed E-state index contributed by atoms with van der Waals surface area (Å²) < 4.78 is 0. The maximum absolute atomic E-state index is 6.21. The van der Waals surface area contributed by atoms with Gasteiger partial charge in [0, 0.05) is 35.9 Å². The molecule has 0 aliphatic carbocycles. The smallest absolute Gasteiger partial charge is 0.0471 e. The minimum atomic E-state index is 0.381. The molecule has 0 aromatic heterocycles. The third-order valence-corrected chi connectivity index (χ3v) is 3.89. The van der Waals surface area contributed by atoms with Crippen LogP contribution in [-0.4, -0.2) is 13.1 Å². The van der Waals surface area contributed by atoms with Crippen molar-refractivity contribution >= 4 is 17.3 Å². The van der Waals surface area contributed by atoms with Crippen molar-refractivity contribution in [2.24, 2.45) is 11.1 Å². The summed E-state index contributed by atoms with van der Waals surface area (Å²) in [6, 6.07) is 6.07. The number of nitrogens with zero attached hydrogens (tertiary/aromatic N) is 1. The highest BCUT2D eigenvalue weighted by atomic mass is 35.5. The molecule has 1 heterocycles. The van der Waals surface area contributed by atoms with Gasteiger partial charge in [0.05, 0.1) is 0 Å². The van der Waals surface area contributed by atoms with Gasteiger partial charge in [-0.3, -0.25) is 0 Å². The Kier molecular flexibility index (Phi) is 3.64. The summed E-state index contributed by atoms with van der Waals surface area (Å²) in [7, 11) is 0. The van der Waals surface area contributed by atoms with E-state index in [1.807, 2.05) is 12.1 Å². The van der Waals surface area contributed by atoms with Gasteiger partial charge in [-0.15, -0.1) is 0 Å². The number of piperidine rings is 1. The van der Waals surface area contributed by atoms with Gasteiger partial charge in [-0.1, -0.05) is 31.5 Å². The minimum Gasteiger partial charge on any atom is -0.371 e. The van der Waals surface area contributed by atoms with E-state index in [0.29, 0.717) is 12.0 Å². The van der Waals surface area contributed by atoms with Crippen LogP contribution in [0.15, 0.2) is 18.2 Å². The molecule has 17 heavy (non-hydrogen) atoms. The van der Waals surface area contributed by atoms with Gasteiger partial charge in [0.25, 0.3) is 0 Å². The topological polar surface area (TPSA) is 29.3 Å². The molecule has 0 amide bonds. The van der Waals surface area contributed by atoms with Crippen molar-refractivity contribution in [2.45, 2.75) is 33.2 Å². The molecule has 3 heteroatoms. The predicted octanol–water partition coefficient (Wildman–Crippen LogP) is 3.43. The van der Waals surface area contributed by atoms with Gasteiger partial charge >= 0.3 is 0 Å². The zero-order chi connectivity index (χ0) is 12.5. The Balaban J connectivity index is 2.30. The standard InChI is InChI=1S/C14H21ClN2/c1-14(2)7-4-8-17(10-14)13-6-3-5-12(15)11(13)9-16/h3,5-6H,4,7-10,16H2,1-2H3. The fourth-order valence-corrected chi connectivity index (χ4v) is 2.92. The molecule has 2 rings (SSSR count). The van der Waals surface area contributed by atoms with E-state index in [1.165, 1.54) is 18.5 Å². The highest BCUT2D eigenvalue weighted by molar-refractivity contribution is 6.31. The Morgan fingerprint density at radius 1 is 1.41 bits per heavy atom. The molecule has 2 nitrogen and oxygen atoms in total. The lowest BCUT2D eigenvalue weighted by atomic mass is 9.84. The first-order valence-corrected chi connectivity index (χ1v) is 6.64.